The van der Waals surface area contributed by atoms with Crippen LogP contribution in [0.1, 0.15) is 44.9 Å². The second kappa shape index (κ2) is 6.33. The summed E-state index contributed by atoms with van der Waals surface area (Å²) in [4.78, 5) is 11.4. The van der Waals surface area contributed by atoms with Crippen LogP contribution >= 0.6 is 11.6 Å². The number of aliphatic hydroxyl groups is 1. The molecule has 1 amide bonds. The Morgan fingerprint density at radius 1 is 1.33 bits per heavy atom. The zero-order chi connectivity index (χ0) is 11.1. The van der Waals surface area contributed by atoms with Gasteiger partial charge in [0.25, 0.3) is 0 Å². The predicted octanol–water partition coefficient (Wildman–Crippen LogP) is 1.82. The lowest BCUT2D eigenvalue weighted by Gasteiger charge is -2.22. The van der Waals surface area contributed by atoms with Gasteiger partial charge in [-0.3, -0.25) is 4.79 Å². The third-order valence-electron chi connectivity index (χ3n) is 2.94. The van der Waals surface area contributed by atoms with Crippen LogP contribution in [0.2, 0.25) is 0 Å². The van der Waals surface area contributed by atoms with Gasteiger partial charge in [-0.2, -0.15) is 0 Å². The lowest BCUT2D eigenvalue weighted by atomic mass is 10.0. The Morgan fingerprint density at radius 2 is 2.00 bits per heavy atom. The minimum Gasteiger partial charge on any atom is -0.388 e. The van der Waals surface area contributed by atoms with Crippen molar-refractivity contribution in [3.63, 3.8) is 0 Å². The van der Waals surface area contributed by atoms with E-state index in [9.17, 15) is 9.90 Å². The van der Waals surface area contributed by atoms with E-state index < -0.39 is 5.60 Å². The number of hydrogen-bond donors (Lipinski definition) is 2. The number of carbonyl (C=O) groups is 1. The standard InChI is InChI=1S/C11H20ClNO2/c12-8-4-1-5-10(14)13-9-11(15)6-2-3-7-11/h15H,1-9H2,(H,13,14). The number of alkyl halides is 1. The largest absolute Gasteiger partial charge is 0.388 e. The number of hydrogen-bond acceptors (Lipinski definition) is 2. The molecule has 0 atom stereocenters. The summed E-state index contributed by atoms with van der Waals surface area (Å²) in [5.74, 6) is 0.637. The second-order valence-corrected chi connectivity index (χ2v) is 4.73. The van der Waals surface area contributed by atoms with Crippen LogP contribution in [0.25, 0.3) is 0 Å². The lowest BCUT2D eigenvalue weighted by Crippen LogP contribution is -2.40. The van der Waals surface area contributed by atoms with Crippen LogP contribution in [-0.2, 0) is 4.79 Å². The molecule has 0 radical (unpaired) electrons. The van der Waals surface area contributed by atoms with E-state index in [1.807, 2.05) is 0 Å². The van der Waals surface area contributed by atoms with Gasteiger partial charge in [-0.15, -0.1) is 11.6 Å². The van der Waals surface area contributed by atoms with Crippen LogP contribution in [-0.4, -0.2) is 29.0 Å². The molecule has 0 aromatic carbocycles. The van der Waals surface area contributed by atoms with Crippen molar-refractivity contribution in [2.45, 2.75) is 50.5 Å². The maximum atomic E-state index is 11.4. The molecule has 0 spiro atoms. The summed E-state index contributed by atoms with van der Waals surface area (Å²) >= 11 is 5.52. The van der Waals surface area contributed by atoms with E-state index in [2.05, 4.69) is 5.32 Å². The van der Waals surface area contributed by atoms with Gasteiger partial charge in [0.2, 0.25) is 5.91 Å². The van der Waals surface area contributed by atoms with Crippen molar-refractivity contribution in [2.75, 3.05) is 12.4 Å². The van der Waals surface area contributed by atoms with Gasteiger partial charge in [-0.05, 0) is 25.7 Å². The molecule has 1 fully saturated rings. The van der Waals surface area contributed by atoms with E-state index in [0.717, 1.165) is 38.5 Å². The summed E-state index contributed by atoms with van der Waals surface area (Å²) in [5.41, 5.74) is -0.637. The smallest absolute Gasteiger partial charge is 0.220 e. The van der Waals surface area contributed by atoms with Crippen molar-refractivity contribution in [3.8, 4) is 0 Å². The Balaban J connectivity index is 2.10. The van der Waals surface area contributed by atoms with Crippen molar-refractivity contribution in [2.24, 2.45) is 0 Å². The fraction of sp³-hybridized carbons (Fsp3) is 0.909. The molecule has 3 nitrogen and oxygen atoms in total. The Morgan fingerprint density at radius 3 is 2.60 bits per heavy atom. The molecule has 88 valence electrons. The fourth-order valence-corrected chi connectivity index (χ4v) is 2.13. The van der Waals surface area contributed by atoms with Crippen LogP contribution < -0.4 is 5.32 Å². The van der Waals surface area contributed by atoms with E-state index in [4.69, 9.17) is 11.6 Å². The summed E-state index contributed by atoms with van der Waals surface area (Å²) in [5, 5.41) is 12.8. The van der Waals surface area contributed by atoms with Crippen LogP contribution in [0.4, 0.5) is 0 Å². The second-order valence-electron chi connectivity index (χ2n) is 4.35. The molecule has 0 aromatic rings. The fourth-order valence-electron chi connectivity index (χ4n) is 1.94. The molecule has 1 aliphatic carbocycles. The molecule has 4 heteroatoms. The average molecular weight is 234 g/mol. The van der Waals surface area contributed by atoms with Crippen molar-refractivity contribution in [3.05, 3.63) is 0 Å². The van der Waals surface area contributed by atoms with E-state index in [0.29, 0.717) is 18.8 Å². The van der Waals surface area contributed by atoms with Gasteiger partial charge in [0, 0.05) is 18.8 Å². The molecule has 0 aliphatic heterocycles. The van der Waals surface area contributed by atoms with Gasteiger partial charge < -0.3 is 10.4 Å². The quantitative estimate of drug-likeness (QED) is 0.543. The summed E-state index contributed by atoms with van der Waals surface area (Å²) in [6, 6.07) is 0. The maximum absolute atomic E-state index is 11.4. The molecule has 0 heterocycles. The van der Waals surface area contributed by atoms with E-state index in [1.165, 1.54) is 0 Å². The van der Waals surface area contributed by atoms with E-state index in [-0.39, 0.29) is 5.91 Å². The molecule has 0 aromatic heterocycles. The van der Waals surface area contributed by atoms with Crippen molar-refractivity contribution in [1.82, 2.24) is 5.32 Å². The Kier molecular flexibility index (Phi) is 5.40. The van der Waals surface area contributed by atoms with Crippen molar-refractivity contribution >= 4 is 17.5 Å². The van der Waals surface area contributed by atoms with Crippen LogP contribution in [0.5, 0.6) is 0 Å². The van der Waals surface area contributed by atoms with Gasteiger partial charge in [-0.25, -0.2) is 0 Å². The third kappa shape index (κ3) is 4.85. The first-order chi connectivity index (χ1) is 7.16. The highest BCUT2D eigenvalue weighted by Gasteiger charge is 2.31. The lowest BCUT2D eigenvalue weighted by molar-refractivity contribution is -0.122. The molecule has 1 saturated carbocycles. The van der Waals surface area contributed by atoms with Crippen molar-refractivity contribution in [1.29, 1.82) is 0 Å². The van der Waals surface area contributed by atoms with Gasteiger partial charge in [0.15, 0.2) is 0 Å². The minimum absolute atomic E-state index is 0.0282. The first kappa shape index (κ1) is 12.8. The highest BCUT2D eigenvalue weighted by molar-refractivity contribution is 6.17. The zero-order valence-electron chi connectivity index (χ0n) is 9.10. The first-order valence-electron chi connectivity index (χ1n) is 5.71. The van der Waals surface area contributed by atoms with E-state index in [1.54, 1.807) is 0 Å². The summed E-state index contributed by atoms with van der Waals surface area (Å²) in [6.07, 6.45) is 5.98. The molecule has 1 aliphatic rings. The molecule has 1 rings (SSSR count). The highest BCUT2D eigenvalue weighted by atomic mass is 35.5. The molecule has 0 saturated heterocycles. The molecular formula is C11H20ClNO2. The Labute approximate surface area is 96.2 Å². The monoisotopic (exact) mass is 233 g/mol. The predicted molar refractivity (Wildman–Crippen MR) is 61.0 cm³/mol. The normalized spacial score (nSPS) is 19.1. The SMILES string of the molecule is O=C(CCCCCl)NCC1(O)CCCC1. The highest BCUT2D eigenvalue weighted by Crippen LogP contribution is 2.28. The topological polar surface area (TPSA) is 49.3 Å². The molecular weight excluding hydrogens is 214 g/mol. The number of rotatable bonds is 6. The van der Waals surface area contributed by atoms with Gasteiger partial charge in [-0.1, -0.05) is 12.8 Å². The molecule has 15 heavy (non-hydrogen) atoms. The number of halogens is 1. The van der Waals surface area contributed by atoms with E-state index >= 15 is 0 Å². The van der Waals surface area contributed by atoms with Gasteiger partial charge >= 0.3 is 0 Å². The molecule has 0 bridgehead atoms. The van der Waals surface area contributed by atoms with Gasteiger partial charge in [0.1, 0.15) is 0 Å². The Bertz CT molecular complexity index is 203. The number of unbranched alkanes of at least 4 members (excludes halogenated alkanes) is 1. The first-order valence-corrected chi connectivity index (χ1v) is 6.25. The van der Waals surface area contributed by atoms with Crippen LogP contribution in [0.3, 0.4) is 0 Å². The molecule has 2 N–H and O–H groups in total. The maximum Gasteiger partial charge on any atom is 0.220 e. The number of nitrogens with one attached hydrogen (secondary N) is 1. The number of amides is 1. The van der Waals surface area contributed by atoms with Crippen LogP contribution in [0.15, 0.2) is 0 Å². The summed E-state index contributed by atoms with van der Waals surface area (Å²) < 4.78 is 0. The molecule has 0 unspecified atom stereocenters. The number of carbonyl (C=O) groups excluding carboxylic acids is 1. The van der Waals surface area contributed by atoms with Crippen LogP contribution in [0, 0.1) is 0 Å². The zero-order valence-corrected chi connectivity index (χ0v) is 9.85. The third-order valence-corrected chi connectivity index (χ3v) is 3.20. The Hall–Kier alpha value is -0.280. The average Bonchev–Trinajstić information content (AvgIpc) is 2.64. The minimum atomic E-state index is -0.637. The van der Waals surface area contributed by atoms with Crippen molar-refractivity contribution < 1.29 is 9.90 Å². The summed E-state index contributed by atoms with van der Waals surface area (Å²) in [6.45, 7) is 0.409. The van der Waals surface area contributed by atoms with Gasteiger partial charge in [0.05, 0.1) is 5.60 Å². The summed E-state index contributed by atoms with van der Waals surface area (Å²) in [7, 11) is 0.